The zero-order chi connectivity index (χ0) is 32.8. The van der Waals surface area contributed by atoms with Crippen LogP contribution in [0.2, 0.25) is 0 Å². The Balaban J connectivity index is 1.27. The van der Waals surface area contributed by atoms with Crippen LogP contribution in [0.15, 0.2) is 54.6 Å². The number of carbonyl (C=O) groups excluding carboxylic acids is 2. The normalized spacial score (nSPS) is 18.3. The van der Waals surface area contributed by atoms with E-state index in [0.29, 0.717) is 47.7 Å². The Labute approximate surface area is 272 Å². The van der Waals surface area contributed by atoms with Crippen molar-refractivity contribution in [3.63, 3.8) is 0 Å². The predicted molar refractivity (Wildman–Crippen MR) is 178 cm³/mol. The van der Waals surface area contributed by atoms with E-state index in [4.69, 9.17) is 25.5 Å². The summed E-state index contributed by atoms with van der Waals surface area (Å²) in [4.78, 5) is 37.5. The van der Waals surface area contributed by atoms with E-state index in [1.54, 1.807) is 19.2 Å². The van der Waals surface area contributed by atoms with Crippen molar-refractivity contribution in [3.8, 4) is 28.5 Å². The van der Waals surface area contributed by atoms with E-state index in [0.717, 1.165) is 58.7 Å². The van der Waals surface area contributed by atoms with Crippen molar-refractivity contribution in [1.82, 2.24) is 24.0 Å². The van der Waals surface area contributed by atoms with Crippen molar-refractivity contribution in [2.24, 2.45) is 18.7 Å². The molecule has 47 heavy (non-hydrogen) atoms. The molecule has 2 aliphatic rings. The highest BCUT2D eigenvalue weighted by molar-refractivity contribution is 6.00. The third-order valence-corrected chi connectivity index (χ3v) is 9.30. The lowest BCUT2D eigenvalue weighted by molar-refractivity contribution is 0.0606. The zero-order valence-electron chi connectivity index (χ0n) is 26.7. The lowest BCUT2D eigenvalue weighted by atomic mass is 10.0. The lowest BCUT2D eigenvalue weighted by Gasteiger charge is -2.33. The van der Waals surface area contributed by atoms with E-state index in [1.807, 2.05) is 41.9 Å². The maximum absolute atomic E-state index is 14.3. The van der Waals surface area contributed by atoms with E-state index in [9.17, 15) is 14.0 Å². The lowest BCUT2D eigenvalue weighted by Crippen LogP contribution is -2.50. The number of benzene rings is 2. The number of alkyl halides is 1. The van der Waals surface area contributed by atoms with E-state index < -0.39 is 12.2 Å². The number of rotatable bonds is 10. The second-order valence-electron chi connectivity index (χ2n) is 12.9. The number of ketones is 1. The molecule has 3 aromatic heterocycles. The van der Waals surface area contributed by atoms with Crippen LogP contribution in [0.1, 0.15) is 52.8 Å². The topological polar surface area (TPSA) is 129 Å². The van der Waals surface area contributed by atoms with Crippen LogP contribution in [-0.2, 0) is 13.6 Å². The highest BCUT2D eigenvalue weighted by atomic mass is 19.1. The highest BCUT2D eigenvalue weighted by Gasteiger charge is 2.30. The van der Waals surface area contributed by atoms with Crippen LogP contribution in [0, 0.1) is 5.92 Å². The molecule has 7 rings (SSSR count). The number of aliphatic hydroxyl groups excluding tert-OH is 1. The molecule has 2 atom stereocenters. The average molecular weight is 639 g/mol. The molecule has 1 aliphatic carbocycles. The number of nitrogens with zero attached hydrogens (tertiary/aromatic N) is 5. The minimum atomic E-state index is -1.15. The Hall–Kier alpha value is -4.61. The number of piperidine rings is 1. The molecule has 1 saturated heterocycles. The van der Waals surface area contributed by atoms with Crippen LogP contribution < -0.4 is 10.5 Å². The number of nitrogens with two attached hydrogens (primary N) is 1. The zero-order valence-corrected chi connectivity index (χ0v) is 26.7. The summed E-state index contributed by atoms with van der Waals surface area (Å²) in [6.07, 6.45) is 2.18. The van der Waals surface area contributed by atoms with Gasteiger partial charge in [0.1, 0.15) is 23.1 Å². The number of aliphatic hydroxyl groups is 1. The van der Waals surface area contributed by atoms with Gasteiger partial charge in [0.05, 0.1) is 30.6 Å². The van der Waals surface area contributed by atoms with Gasteiger partial charge in [-0.25, -0.2) is 14.4 Å². The number of likely N-dealkylation sites (tertiary alicyclic amines) is 1. The molecule has 11 heteroatoms. The second-order valence-corrected chi connectivity index (χ2v) is 12.9. The number of aryl methyl sites for hydroxylation is 1. The third-order valence-electron chi connectivity index (χ3n) is 9.30. The Bertz CT molecular complexity index is 1970. The molecule has 3 N–H and O–H groups in total. The fourth-order valence-electron chi connectivity index (χ4n) is 6.67. The molecule has 0 spiro atoms. The van der Waals surface area contributed by atoms with Crippen molar-refractivity contribution in [3.05, 3.63) is 65.7 Å². The molecule has 244 valence electrons. The maximum atomic E-state index is 14.3. The molecule has 1 amide bonds. The standard InChI is InChI=1S/C36H39FN6O4/c1-41-33-29(14-25(16-32(33)47-2)36(46)42-19-26(37)17-27(38)20-42)40-35(41)30-15-24-11-12-28(39-34(24)43(30)18-21-5-6-21)22-7-9-23(10-8-22)31(45)4-3-13-44/h7-12,14-16,21,26-27,44H,3-6,13,17-20,38H2,1-2H3/t26-,27-/m1/s1. The van der Waals surface area contributed by atoms with Gasteiger partial charge >= 0.3 is 0 Å². The molecular weight excluding hydrogens is 599 g/mol. The molecule has 0 unspecified atom stereocenters. The second kappa shape index (κ2) is 12.5. The summed E-state index contributed by atoms with van der Waals surface area (Å²) in [5, 5.41) is 10.0. The smallest absolute Gasteiger partial charge is 0.254 e. The minimum absolute atomic E-state index is 0.00487. The molecule has 1 aliphatic heterocycles. The Morgan fingerprint density at radius 3 is 2.53 bits per heavy atom. The number of ether oxygens (including phenoxy) is 1. The van der Waals surface area contributed by atoms with Gasteiger partial charge in [0, 0.05) is 61.3 Å². The number of fused-ring (bicyclic) bond motifs is 2. The largest absolute Gasteiger partial charge is 0.494 e. The van der Waals surface area contributed by atoms with Crippen molar-refractivity contribution in [2.45, 2.75) is 50.9 Å². The van der Waals surface area contributed by atoms with Gasteiger partial charge in [-0.15, -0.1) is 0 Å². The number of halogens is 1. The molecule has 5 aromatic rings. The first-order valence-corrected chi connectivity index (χ1v) is 16.2. The van der Waals surface area contributed by atoms with Crippen molar-refractivity contribution >= 4 is 33.8 Å². The summed E-state index contributed by atoms with van der Waals surface area (Å²) in [5.74, 6) is 1.50. The number of aromatic nitrogens is 4. The molecule has 0 bridgehead atoms. The number of imidazole rings is 1. The van der Waals surface area contributed by atoms with E-state index in [1.165, 1.54) is 4.90 Å². The molecule has 0 radical (unpaired) electrons. The number of carbonyl (C=O) groups is 2. The first-order valence-electron chi connectivity index (χ1n) is 16.2. The van der Waals surface area contributed by atoms with Crippen LogP contribution in [0.3, 0.4) is 0 Å². The number of pyridine rings is 1. The van der Waals surface area contributed by atoms with Gasteiger partial charge in [-0.3, -0.25) is 9.59 Å². The van der Waals surface area contributed by atoms with Crippen LogP contribution in [0.5, 0.6) is 5.75 Å². The summed E-state index contributed by atoms with van der Waals surface area (Å²) in [7, 11) is 3.50. The van der Waals surface area contributed by atoms with E-state index >= 15 is 0 Å². The van der Waals surface area contributed by atoms with Gasteiger partial charge in [0.2, 0.25) is 0 Å². The van der Waals surface area contributed by atoms with E-state index in [2.05, 4.69) is 16.7 Å². The average Bonchev–Trinajstić information content (AvgIpc) is 3.75. The SMILES string of the molecule is COc1cc(C(=O)N2C[C@H](N)C[C@@H](F)C2)cc2nc(-c3cc4ccc(-c5ccc(C(=O)CCCO)cc5)nc4n3CC3CC3)n(C)c12. The number of hydrogen-bond donors (Lipinski definition) is 2. The quantitative estimate of drug-likeness (QED) is 0.203. The summed E-state index contributed by atoms with van der Waals surface area (Å²) < 4.78 is 24.3. The predicted octanol–water partition coefficient (Wildman–Crippen LogP) is 5.14. The maximum Gasteiger partial charge on any atom is 0.254 e. The van der Waals surface area contributed by atoms with Gasteiger partial charge in [0.25, 0.3) is 5.91 Å². The summed E-state index contributed by atoms with van der Waals surface area (Å²) in [5.41, 5.74) is 11.9. The van der Waals surface area contributed by atoms with Gasteiger partial charge in [-0.05, 0) is 61.9 Å². The molecule has 2 aromatic carbocycles. The van der Waals surface area contributed by atoms with Gasteiger partial charge in [0.15, 0.2) is 11.6 Å². The van der Waals surface area contributed by atoms with Crippen LogP contribution in [0.25, 0.3) is 44.8 Å². The first-order chi connectivity index (χ1) is 22.7. The molecule has 1 saturated carbocycles. The molecular formula is C36H39FN6O4. The summed E-state index contributed by atoms with van der Waals surface area (Å²) in [6, 6.07) is 16.7. The van der Waals surface area contributed by atoms with Crippen molar-refractivity contribution in [1.29, 1.82) is 0 Å². The number of hydrogen-bond acceptors (Lipinski definition) is 7. The number of Topliss-reactive ketones (excluding diaryl/α,β-unsaturated/α-hetero) is 1. The fourth-order valence-corrected chi connectivity index (χ4v) is 6.67. The van der Waals surface area contributed by atoms with Gasteiger partial charge in [-0.1, -0.05) is 24.3 Å². The molecule has 4 heterocycles. The Morgan fingerprint density at radius 2 is 1.83 bits per heavy atom. The highest BCUT2D eigenvalue weighted by Crippen LogP contribution is 2.38. The van der Waals surface area contributed by atoms with Crippen LogP contribution >= 0.6 is 0 Å². The number of methoxy groups -OCH3 is 1. The molecule has 2 fully saturated rings. The Morgan fingerprint density at radius 1 is 1.04 bits per heavy atom. The van der Waals surface area contributed by atoms with Gasteiger partial charge < -0.3 is 29.6 Å². The Kier molecular flexibility index (Phi) is 8.27. The van der Waals surface area contributed by atoms with Crippen LogP contribution in [-0.4, -0.2) is 79.8 Å². The molecule has 10 nitrogen and oxygen atoms in total. The van der Waals surface area contributed by atoms with E-state index in [-0.39, 0.29) is 31.3 Å². The first kappa shape index (κ1) is 31.0. The third kappa shape index (κ3) is 6.01. The number of amides is 1. The summed E-state index contributed by atoms with van der Waals surface area (Å²) in [6.45, 7) is 1.12. The fraction of sp³-hybridized carbons (Fsp3) is 0.389. The minimum Gasteiger partial charge on any atom is -0.494 e. The van der Waals surface area contributed by atoms with Crippen molar-refractivity contribution in [2.75, 3.05) is 26.8 Å². The monoisotopic (exact) mass is 638 g/mol. The van der Waals surface area contributed by atoms with Crippen LogP contribution in [0.4, 0.5) is 4.39 Å². The van der Waals surface area contributed by atoms with Gasteiger partial charge in [-0.2, -0.15) is 0 Å². The van der Waals surface area contributed by atoms with Crippen molar-refractivity contribution < 1.29 is 23.8 Å². The summed E-state index contributed by atoms with van der Waals surface area (Å²) >= 11 is 0.